The maximum atomic E-state index is 13.0. The fraction of sp³-hybridized carbons (Fsp3) is 0.550. The quantitative estimate of drug-likeness (QED) is 0.703. The molecule has 0 unspecified atom stereocenters. The zero-order chi connectivity index (χ0) is 20.3. The molecule has 0 atom stereocenters. The topological polar surface area (TPSA) is 59.9 Å². The van der Waals surface area contributed by atoms with E-state index < -0.39 is 11.7 Å². The van der Waals surface area contributed by atoms with Crippen LogP contribution in [0.15, 0.2) is 24.4 Å². The van der Waals surface area contributed by atoms with E-state index in [4.69, 9.17) is 4.74 Å². The van der Waals surface area contributed by atoms with Crippen LogP contribution in [0.1, 0.15) is 63.6 Å². The molecule has 28 heavy (non-hydrogen) atoms. The lowest BCUT2D eigenvalue weighted by molar-refractivity contribution is -0.137. The highest BCUT2D eigenvalue weighted by Crippen LogP contribution is 2.36. The normalized spacial score (nSPS) is 20.2. The first-order valence-electron chi connectivity index (χ1n) is 9.56. The van der Waals surface area contributed by atoms with Crippen LogP contribution in [0, 0.1) is 5.92 Å². The van der Waals surface area contributed by atoms with Crippen molar-refractivity contribution in [3.63, 3.8) is 0 Å². The molecule has 152 valence electrons. The van der Waals surface area contributed by atoms with Crippen molar-refractivity contribution >= 4 is 11.6 Å². The number of nitrogens with one attached hydrogen (secondary N) is 1. The van der Waals surface area contributed by atoms with Gasteiger partial charge in [0.2, 0.25) is 0 Å². The summed E-state index contributed by atoms with van der Waals surface area (Å²) in [5, 5.41) is 2.88. The highest BCUT2D eigenvalue weighted by molar-refractivity contribution is 5.53. The van der Waals surface area contributed by atoms with Crippen LogP contribution in [0.4, 0.5) is 24.8 Å². The largest absolute Gasteiger partial charge is 0.461 e. The second-order valence-corrected chi connectivity index (χ2v) is 7.64. The molecule has 1 fully saturated rings. The molecule has 8 heteroatoms. The number of nitrogens with zero attached hydrogens (tertiary/aromatic N) is 3. The fourth-order valence-electron chi connectivity index (χ4n) is 3.34. The Labute approximate surface area is 162 Å². The predicted octanol–water partition coefficient (Wildman–Crippen LogP) is 5.71. The molecule has 1 aliphatic rings. The average molecular weight is 394 g/mol. The zero-order valence-electron chi connectivity index (χ0n) is 16.3. The summed E-state index contributed by atoms with van der Waals surface area (Å²) in [4.78, 5) is 12.8. The number of alkyl halides is 3. The molecule has 0 radical (unpaired) electrons. The van der Waals surface area contributed by atoms with Gasteiger partial charge in [-0.25, -0.2) is 4.98 Å². The van der Waals surface area contributed by atoms with E-state index in [1.807, 2.05) is 13.8 Å². The first-order valence-corrected chi connectivity index (χ1v) is 9.56. The second kappa shape index (κ2) is 8.32. The van der Waals surface area contributed by atoms with Gasteiger partial charge in [0, 0.05) is 18.2 Å². The minimum Gasteiger partial charge on any atom is -0.461 e. The smallest absolute Gasteiger partial charge is 0.416 e. The molecule has 2 heterocycles. The molecular formula is C20H25F3N4O. The molecule has 5 nitrogen and oxygen atoms in total. The summed E-state index contributed by atoms with van der Waals surface area (Å²) in [6.45, 7) is 6.00. The molecule has 2 aromatic rings. The van der Waals surface area contributed by atoms with Crippen molar-refractivity contribution < 1.29 is 17.9 Å². The molecule has 1 aliphatic carbocycles. The van der Waals surface area contributed by atoms with Crippen molar-refractivity contribution in [2.45, 2.75) is 64.7 Å². The van der Waals surface area contributed by atoms with E-state index in [0.29, 0.717) is 17.7 Å². The van der Waals surface area contributed by atoms with Gasteiger partial charge in [0.15, 0.2) is 0 Å². The van der Waals surface area contributed by atoms with Gasteiger partial charge in [-0.1, -0.05) is 19.8 Å². The van der Waals surface area contributed by atoms with E-state index in [9.17, 15) is 13.2 Å². The number of rotatable bonds is 5. The van der Waals surface area contributed by atoms with Crippen LogP contribution in [-0.4, -0.2) is 21.1 Å². The van der Waals surface area contributed by atoms with Crippen LogP contribution in [0.25, 0.3) is 0 Å². The summed E-state index contributed by atoms with van der Waals surface area (Å²) in [6.07, 6.45) is 0.907. The van der Waals surface area contributed by atoms with E-state index >= 15 is 0 Å². The van der Waals surface area contributed by atoms with Crippen molar-refractivity contribution in [1.82, 2.24) is 15.0 Å². The third-order valence-corrected chi connectivity index (χ3v) is 4.84. The molecule has 2 aromatic heterocycles. The predicted molar refractivity (Wildman–Crippen MR) is 101 cm³/mol. The Morgan fingerprint density at radius 1 is 1.07 bits per heavy atom. The number of hydrogen-bond donors (Lipinski definition) is 1. The Hall–Kier alpha value is -2.38. The van der Waals surface area contributed by atoms with E-state index in [0.717, 1.165) is 49.7 Å². The van der Waals surface area contributed by atoms with Gasteiger partial charge in [0.05, 0.1) is 17.4 Å². The molecule has 0 amide bonds. The maximum Gasteiger partial charge on any atom is 0.416 e. The number of aromatic nitrogens is 3. The summed E-state index contributed by atoms with van der Waals surface area (Å²) in [5.74, 6) is 1.46. The Bertz CT molecular complexity index is 802. The van der Waals surface area contributed by atoms with E-state index in [1.165, 1.54) is 0 Å². The minimum atomic E-state index is -4.43. The Morgan fingerprint density at radius 3 is 2.43 bits per heavy atom. The van der Waals surface area contributed by atoms with Crippen LogP contribution >= 0.6 is 0 Å². The molecule has 1 saturated carbocycles. The number of anilines is 2. The van der Waals surface area contributed by atoms with Crippen molar-refractivity contribution in [2.24, 2.45) is 5.92 Å². The van der Waals surface area contributed by atoms with Gasteiger partial charge in [-0.2, -0.15) is 23.1 Å². The highest BCUT2D eigenvalue weighted by atomic mass is 19.4. The molecule has 0 spiro atoms. The number of hydrogen-bond acceptors (Lipinski definition) is 5. The monoisotopic (exact) mass is 394 g/mol. The molecule has 1 N–H and O–H groups in total. The summed E-state index contributed by atoms with van der Waals surface area (Å²) in [5.41, 5.74) is 0.0891. The summed E-state index contributed by atoms with van der Waals surface area (Å²) >= 11 is 0. The van der Waals surface area contributed by atoms with Crippen molar-refractivity contribution in [1.29, 1.82) is 0 Å². The molecule has 0 bridgehead atoms. The van der Waals surface area contributed by atoms with E-state index in [2.05, 4.69) is 27.2 Å². The first kappa shape index (κ1) is 20.4. The molecule has 0 aliphatic heterocycles. The standard InChI is InChI=1S/C20H25F3N4O/c1-12(2)28-19-25-16(14-6-4-13(3)5-7-14)11-18(27-19)26-17-10-15(8-9-24-17)20(21,22)23/h8-14H,4-7H2,1-3H3,(H,24,25,26,27). The highest BCUT2D eigenvalue weighted by Gasteiger charge is 2.31. The van der Waals surface area contributed by atoms with E-state index in [-0.39, 0.29) is 17.9 Å². The SMILES string of the molecule is CC1CCC(c2cc(Nc3cc(C(F)(F)F)ccn3)nc(OC(C)C)n2)CC1. The Kier molecular flexibility index (Phi) is 6.05. The van der Waals surface area contributed by atoms with Crippen LogP contribution in [0.3, 0.4) is 0 Å². The van der Waals surface area contributed by atoms with E-state index in [1.54, 1.807) is 6.07 Å². The van der Waals surface area contributed by atoms with Crippen LogP contribution in [0.2, 0.25) is 0 Å². The summed E-state index contributed by atoms with van der Waals surface area (Å²) in [7, 11) is 0. The minimum absolute atomic E-state index is 0.0761. The van der Waals surface area contributed by atoms with Crippen LogP contribution < -0.4 is 10.1 Å². The molecule has 3 rings (SSSR count). The first-order chi connectivity index (χ1) is 13.2. The third-order valence-electron chi connectivity index (χ3n) is 4.84. The third kappa shape index (κ3) is 5.33. The summed E-state index contributed by atoms with van der Waals surface area (Å²) < 4.78 is 44.5. The Balaban J connectivity index is 1.88. The van der Waals surface area contributed by atoms with Gasteiger partial charge in [-0.05, 0) is 44.7 Å². The van der Waals surface area contributed by atoms with Gasteiger partial charge in [0.25, 0.3) is 0 Å². The number of halogens is 3. The lowest BCUT2D eigenvalue weighted by atomic mass is 9.81. The average Bonchev–Trinajstić information content (AvgIpc) is 2.61. The van der Waals surface area contributed by atoms with Crippen LogP contribution in [0.5, 0.6) is 6.01 Å². The van der Waals surface area contributed by atoms with Gasteiger partial charge >= 0.3 is 12.2 Å². The summed E-state index contributed by atoms with van der Waals surface area (Å²) in [6, 6.07) is 3.91. The fourth-order valence-corrected chi connectivity index (χ4v) is 3.34. The molecular weight excluding hydrogens is 369 g/mol. The van der Waals surface area contributed by atoms with Gasteiger partial charge < -0.3 is 10.1 Å². The second-order valence-electron chi connectivity index (χ2n) is 7.64. The van der Waals surface area contributed by atoms with Gasteiger partial charge in [0.1, 0.15) is 11.6 Å². The maximum absolute atomic E-state index is 13.0. The van der Waals surface area contributed by atoms with Crippen molar-refractivity contribution in [2.75, 3.05) is 5.32 Å². The zero-order valence-corrected chi connectivity index (χ0v) is 16.3. The lowest BCUT2D eigenvalue weighted by Crippen LogP contribution is -2.15. The van der Waals surface area contributed by atoms with Crippen LogP contribution in [-0.2, 0) is 6.18 Å². The lowest BCUT2D eigenvalue weighted by Gasteiger charge is -2.26. The molecule has 0 aromatic carbocycles. The van der Waals surface area contributed by atoms with Crippen molar-refractivity contribution in [3.05, 3.63) is 35.7 Å². The van der Waals surface area contributed by atoms with Gasteiger partial charge in [-0.15, -0.1) is 0 Å². The van der Waals surface area contributed by atoms with Gasteiger partial charge in [-0.3, -0.25) is 0 Å². The van der Waals surface area contributed by atoms with Crippen molar-refractivity contribution in [3.8, 4) is 6.01 Å². The number of ether oxygens (including phenoxy) is 1. The Morgan fingerprint density at radius 2 is 1.79 bits per heavy atom. The number of pyridine rings is 1. The molecule has 0 saturated heterocycles.